The molecule has 1 fully saturated rings. The van der Waals surface area contributed by atoms with Gasteiger partial charge in [0.05, 0.1) is 18.7 Å². The smallest absolute Gasteiger partial charge is 0.250 e. The lowest BCUT2D eigenvalue weighted by atomic mass is 10.0. The number of benzene rings is 3. The van der Waals surface area contributed by atoms with E-state index in [-0.39, 0.29) is 5.91 Å². The second-order valence-electron chi connectivity index (χ2n) is 8.52. The molecule has 0 spiro atoms. The molecule has 176 valence electrons. The number of ether oxygens (including phenoxy) is 1. The van der Waals surface area contributed by atoms with Gasteiger partial charge >= 0.3 is 0 Å². The maximum atomic E-state index is 12.1. The van der Waals surface area contributed by atoms with Crippen LogP contribution in [0.1, 0.15) is 6.92 Å². The van der Waals surface area contributed by atoms with Gasteiger partial charge in [0, 0.05) is 52.9 Å². The molecular formula is C28H27N5O2. The van der Waals surface area contributed by atoms with Crippen LogP contribution in [0.15, 0.2) is 85.1 Å². The number of carbonyl (C=O) groups excluding carboxylic acids is 1. The molecule has 1 saturated heterocycles. The van der Waals surface area contributed by atoms with Crippen molar-refractivity contribution in [2.75, 3.05) is 41.8 Å². The van der Waals surface area contributed by atoms with Crippen molar-refractivity contribution < 1.29 is 9.53 Å². The highest BCUT2D eigenvalue weighted by Crippen LogP contribution is 2.30. The number of para-hydroxylation sites is 1. The van der Waals surface area contributed by atoms with Gasteiger partial charge in [-0.3, -0.25) is 4.79 Å². The van der Waals surface area contributed by atoms with E-state index in [9.17, 15) is 4.79 Å². The Balaban J connectivity index is 1.41. The van der Waals surface area contributed by atoms with E-state index in [0.29, 0.717) is 17.2 Å². The lowest BCUT2D eigenvalue weighted by Crippen LogP contribution is -2.36. The van der Waals surface area contributed by atoms with Gasteiger partial charge in [-0.2, -0.15) is 0 Å². The Labute approximate surface area is 204 Å². The molecule has 0 unspecified atom stereocenters. The highest BCUT2D eigenvalue weighted by Gasteiger charge is 2.12. The van der Waals surface area contributed by atoms with Crippen molar-refractivity contribution in [2.45, 2.75) is 6.92 Å². The molecule has 1 aliphatic rings. The molecule has 3 aromatic carbocycles. The zero-order valence-electron chi connectivity index (χ0n) is 19.6. The van der Waals surface area contributed by atoms with Gasteiger partial charge in [-0.15, -0.1) is 0 Å². The molecule has 0 saturated carbocycles. The van der Waals surface area contributed by atoms with Crippen LogP contribution >= 0.6 is 0 Å². The lowest BCUT2D eigenvalue weighted by molar-refractivity contribution is -0.112. The fraction of sp³-hybridized carbons (Fsp3) is 0.179. The van der Waals surface area contributed by atoms with Crippen LogP contribution < -0.4 is 15.5 Å². The van der Waals surface area contributed by atoms with Crippen LogP contribution in [0.5, 0.6) is 0 Å². The monoisotopic (exact) mass is 465 g/mol. The number of nitrogens with zero attached hydrogens (tertiary/aromatic N) is 3. The van der Waals surface area contributed by atoms with Crippen molar-refractivity contribution in [2.24, 2.45) is 0 Å². The fourth-order valence-corrected chi connectivity index (χ4v) is 4.06. The molecular weight excluding hydrogens is 438 g/mol. The summed E-state index contributed by atoms with van der Waals surface area (Å²) in [7, 11) is 0. The van der Waals surface area contributed by atoms with E-state index in [1.54, 1.807) is 6.92 Å². The van der Waals surface area contributed by atoms with E-state index in [1.165, 1.54) is 5.69 Å². The number of fused-ring (bicyclic) bond motifs is 1. The van der Waals surface area contributed by atoms with Crippen LogP contribution in [0.4, 0.5) is 23.0 Å². The molecule has 0 bridgehead atoms. The molecule has 2 heterocycles. The average molecular weight is 466 g/mol. The number of hydrogen-bond donors (Lipinski definition) is 2. The molecule has 1 aliphatic heterocycles. The van der Waals surface area contributed by atoms with Gasteiger partial charge in [0.25, 0.3) is 5.91 Å². The Hall–Kier alpha value is -4.23. The Bertz CT molecular complexity index is 1380. The van der Waals surface area contributed by atoms with Crippen molar-refractivity contribution >= 4 is 39.8 Å². The van der Waals surface area contributed by atoms with Crippen molar-refractivity contribution in [3.8, 4) is 11.1 Å². The van der Waals surface area contributed by atoms with E-state index >= 15 is 0 Å². The van der Waals surface area contributed by atoms with E-state index in [0.717, 1.165) is 54.0 Å². The fourth-order valence-electron chi connectivity index (χ4n) is 4.06. The highest BCUT2D eigenvalue weighted by molar-refractivity contribution is 6.03. The minimum absolute atomic E-state index is 0.200. The van der Waals surface area contributed by atoms with Crippen LogP contribution in [-0.2, 0) is 9.53 Å². The van der Waals surface area contributed by atoms with E-state index in [1.807, 2.05) is 60.8 Å². The van der Waals surface area contributed by atoms with Crippen LogP contribution in [0, 0.1) is 0 Å². The number of amides is 1. The first-order valence-corrected chi connectivity index (χ1v) is 11.6. The summed E-state index contributed by atoms with van der Waals surface area (Å²) in [6.45, 7) is 8.72. The summed E-state index contributed by atoms with van der Waals surface area (Å²) in [5.74, 6) is 0.323. The number of morpholine rings is 1. The Kier molecular flexibility index (Phi) is 6.41. The predicted octanol–water partition coefficient (Wildman–Crippen LogP) is 5.39. The number of carbonyl (C=O) groups is 1. The van der Waals surface area contributed by atoms with E-state index in [2.05, 4.69) is 39.2 Å². The quantitative estimate of drug-likeness (QED) is 0.372. The number of nitrogens with one attached hydrogen (secondary N) is 2. The first kappa shape index (κ1) is 22.6. The minimum atomic E-state index is -0.200. The lowest BCUT2D eigenvalue weighted by Gasteiger charge is -2.28. The Morgan fingerprint density at radius 2 is 1.77 bits per heavy atom. The number of aromatic nitrogens is 2. The van der Waals surface area contributed by atoms with Gasteiger partial charge in [0.15, 0.2) is 0 Å². The third-order valence-electron chi connectivity index (χ3n) is 5.93. The summed E-state index contributed by atoms with van der Waals surface area (Å²) in [5, 5.41) is 7.14. The SMILES string of the molecule is C=C(C)C(=O)Nc1cccc(-c2cccc3cnc(Nc4ccc(N5CCOCC5)cc4)nc23)c1. The highest BCUT2D eigenvalue weighted by atomic mass is 16.5. The first-order chi connectivity index (χ1) is 17.1. The second-order valence-corrected chi connectivity index (χ2v) is 8.52. The number of rotatable bonds is 6. The molecule has 7 heteroatoms. The zero-order valence-corrected chi connectivity index (χ0v) is 19.6. The average Bonchev–Trinajstić information content (AvgIpc) is 2.89. The molecule has 1 aromatic heterocycles. The molecule has 1 amide bonds. The Morgan fingerprint density at radius 3 is 2.54 bits per heavy atom. The van der Waals surface area contributed by atoms with E-state index in [4.69, 9.17) is 9.72 Å². The summed E-state index contributed by atoms with van der Waals surface area (Å²) in [6, 6.07) is 22.0. The summed E-state index contributed by atoms with van der Waals surface area (Å²) < 4.78 is 5.44. The standard InChI is InChI=1S/C28H27N5O2/c1-19(2)27(34)30-23-7-3-5-20(17-23)25-8-4-6-21-18-29-28(32-26(21)25)31-22-9-11-24(12-10-22)33-13-15-35-16-14-33/h3-12,17-18H,1,13-16H2,2H3,(H,30,34)(H,29,31,32). The van der Waals surface area contributed by atoms with Gasteiger partial charge in [-0.05, 0) is 48.9 Å². The maximum absolute atomic E-state index is 12.1. The van der Waals surface area contributed by atoms with Crippen LogP contribution in [0.25, 0.3) is 22.0 Å². The van der Waals surface area contributed by atoms with Gasteiger partial charge in [-0.25, -0.2) is 9.97 Å². The maximum Gasteiger partial charge on any atom is 0.250 e. The third kappa shape index (κ3) is 5.15. The largest absolute Gasteiger partial charge is 0.378 e. The number of hydrogen-bond acceptors (Lipinski definition) is 6. The molecule has 7 nitrogen and oxygen atoms in total. The zero-order chi connectivity index (χ0) is 24.2. The predicted molar refractivity (Wildman–Crippen MR) is 141 cm³/mol. The summed E-state index contributed by atoms with van der Waals surface area (Å²) in [4.78, 5) is 23.7. The summed E-state index contributed by atoms with van der Waals surface area (Å²) in [6.07, 6.45) is 1.82. The third-order valence-corrected chi connectivity index (χ3v) is 5.93. The molecule has 0 radical (unpaired) electrons. The molecule has 35 heavy (non-hydrogen) atoms. The van der Waals surface area contributed by atoms with Crippen molar-refractivity contribution in [1.82, 2.24) is 9.97 Å². The summed E-state index contributed by atoms with van der Waals surface area (Å²) >= 11 is 0. The van der Waals surface area contributed by atoms with Crippen molar-refractivity contribution in [1.29, 1.82) is 0 Å². The number of anilines is 4. The first-order valence-electron chi connectivity index (χ1n) is 11.6. The molecule has 5 rings (SSSR count). The van der Waals surface area contributed by atoms with Crippen LogP contribution in [0.3, 0.4) is 0 Å². The molecule has 0 aliphatic carbocycles. The van der Waals surface area contributed by atoms with E-state index < -0.39 is 0 Å². The van der Waals surface area contributed by atoms with Gasteiger partial charge in [0.2, 0.25) is 5.95 Å². The second kappa shape index (κ2) is 9.95. The normalized spacial score (nSPS) is 13.5. The van der Waals surface area contributed by atoms with Crippen LogP contribution in [0.2, 0.25) is 0 Å². The van der Waals surface area contributed by atoms with Crippen molar-refractivity contribution in [3.63, 3.8) is 0 Å². The minimum Gasteiger partial charge on any atom is -0.378 e. The topological polar surface area (TPSA) is 79.4 Å². The summed E-state index contributed by atoms with van der Waals surface area (Å²) in [5.41, 5.74) is 6.01. The van der Waals surface area contributed by atoms with Gasteiger partial charge in [0.1, 0.15) is 0 Å². The van der Waals surface area contributed by atoms with Gasteiger partial charge < -0.3 is 20.3 Å². The van der Waals surface area contributed by atoms with Gasteiger partial charge in [-0.1, -0.05) is 36.9 Å². The van der Waals surface area contributed by atoms with Crippen LogP contribution in [-0.4, -0.2) is 42.2 Å². The molecule has 4 aromatic rings. The Morgan fingerprint density at radius 1 is 1.00 bits per heavy atom. The molecule has 2 N–H and O–H groups in total. The molecule has 0 atom stereocenters. The van der Waals surface area contributed by atoms with Crippen molar-refractivity contribution in [3.05, 3.63) is 85.1 Å².